The largest absolute Gasteiger partial charge is 0.462 e. The summed E-state index contributed by atoms with van der Waals surface area (Å²) < 4.78 is 16.9. The number of carbonyl (C=O) groups is 3. The molecular weight excluding hydrogens is 913 g/mol. The molecule has 0 aromatic carbocycles. The molecule has 0 bridgehead atoms. The molecule has 0 radical (unpaired) electrons. The van der Waals surface area contributed by atoms with Crippen molar-refractivity contribution in [2.75, 3.05) is 13.2 Å². The summed E-state index contributed by atoms with van der Waals surface area (Å²) in [5, 5.41) is 0. The average Bonchev–Trinajstić information content (AvgIpc) is 3.40. The van der Waals surface area contributed by atoms with Crippen molar-refractivity contribution >= 4 is 17.9 Å². The van der Waals surface area contributed by atoms with Gasteiger partial charge in [0.25, 0.3) is 0 Å². The third kappa shape index (κ3) is 59.0. The molecule has 0 amide bonds. The maximum absolute atomic E-state index is 12.9. The van der Waals surface area contributed by atoms with Crippen LogP contribution in [0.3, 0.4) is 0 Å². The Morgan fingerprint density at radius 3 is 0.865 bits per heavy atom. The topological polar surface area (TPSA) is 78.9 Å². The third-order valence-corrected chi connectivity index (χ3v) is 13.0. The zero-order valence-corrected chi connectivity index (χ0v) is 48.3. The molecule has 1 unspecified atom stereocenters. The normalized spacial score (nSPS) is 12.9. The Labute approximate surface area is 457 Å². The lowest BCUT2D eigenvalue weighted by Gasteiger charge is -2.18. The molecule has 74 heavy (non-hydrogen) atoms. The Kier molecular flexibility index (Phi) is 58.3. The van der Waals surface area contributed by atoms with E-state index in [0.29, 0.717) is 19.3 Å². The van der Waals surface area contributed by atoms with Crippen molar-refractivity contribution in [2.45, 2.75) is 290 Å². The number of hydrogen-bond donors (Lipinski definition) is 0. The van der Waals surface area contributed by atoms with E-state index in [-0.39, 0.29) is 31.1 Å². The summed E-state index contributed by atoms with van der Waals surface area (Å²) in [7, 11) is 0. The van der Waals surface area contributed by atoms with E-state index in [2.05, 4.69) is 130 Å². The number of esters is 3. The predicted octanol–water partition coefficient (Wildman–Crippen LogP) is 21.0. The monoisotopic (exact) mass is 1030 g/mol. The molecule has 0 heterocycles. The van der Waals surface area contributed by atoms with Crippen molar-refractivity contribution < 1.29 is 28.6 Å². The lowest BCUT2D eigenvalue weighted by atomic mass is 10.0. The molecular formula is C68H114O6. The third-order valence-electron chi connectivity index (χ3n) is 13.0. The van der Waals surface area contributed by atoms with Gasteiger partial charge in [-0.15, -0.1) is 0 Å². The predicted molar refractivity (Wildman–Crippen MR) is 320 cm³/mol. The van der Waals surface area contributed by atoms with Gasteiger partial charge in [-0.25, -0.2) is 0 Å². The first kappa shape index (κ1) is 70.1. The second kappa shape index (κ2) is 61.6. The van der Waals surface area contributed by atoms with Gasteiger partial charge in [-0.1, -0.05) is 265 Å². The number of unbranched alkanes of at least 4 members (excludes halogenated alkanes) is 26. The van der Waals surface area contributed by atoms with Crippen molar-refractivity contribution in [1.82, 2.24) is 0 Å². The SMILES string of the molecule is CC/C=C\C/C=C\C/C=C\C/C=C\C/C=C\C/C=C\C/C=C\C/C=C\CCCCCCC(=O)OCC(COC(=O)CCCCCCC/C=C\CCCCC)OC(=O)CCCCCCCCCCCCCCCCC. The first-order chi connectivity index (χ1) is 36.5. The van der Waals surface area contributed by atoms with Gasteiger partial charge in [-0.3, -0.25) is 14.4 Å². The highest BCUT2D eigenvalue weighted by molar-refractivity contribution is 5.71. The van der Waals surface area contributed by atoms with E-state index in [0.717, 1.165) is 128 Å². The molecule has 0 aliphatic heterocycles. The molecule has 0 N–H and O–H groups in total. The van der Waals surface area contributed by atoms with Crippen molar-refractivity contribution in [3.8, 4) is 0 Å². The van der Waals surface area contributed by atoms with E-state index >= 15 is 0 Å². The molecule has 6 heteroatoms. The Bertz CT molecular complexity index is 1510. The summed E-state index contributed by atoms with van der Waals surface area (Å²) >= 11 is 0. The molecule has 0 fully saturated rings. The van der Waals surface area contributed by atoms with Crippen LogP contribution in [0.5, 0.6) is 0 Å². The summed E-state index contributed by atoms with van der Waals surface area (Å²) in [5.41, 5.74) is 0. The van der Waals surface area contributed by atoms with Crippen LogP contribution in [-0.4, -0.2) is 37.2 Å². The van der Waals surface area contributed by atoms with Gasteiger partial charge >= 0.3 is 17.9 Å². The molecule has 0 aliphatic carbocycles. The highest BCUT2D eigenvalue weighted by Gasteiger charge is 2.19. The smallest absolute Gasteiger partial charge is 0.306 e. The van der Waals surface area contributed by atoms with E-state index in [1.165, 1.54) is 116 Å². The van der Waals surface area contributed by atoms with Crippen LogP contribution < -0.4 is 0 Å². The number of hydrogen-bond acceptors (Lipinski definition) is 6. The van der Waals surface area contributed by atoms with Crippen molar-refractivity contribution in [1.29, 1.82) is 0 Å². The Balaban J connectivity index is 4.34. The fourth-order valence-electron chi connectivity index (χ4n) is 8.39. The van der Waals surface area contributed by atoms with Crippen LogP contribution in [0.15, 0.2) is 109 Å². The maximum Gasteiger partial charge on any atom is 0.306 e. The van der Waals surface area contributed by atoms with Crippen molar-refractivity contribution in [3.05, 3.63) is 109 Å². The van der Waals surface area contributed by atoms with E-state index in [4.69, 9.17) is 14.2 Å². The molecule has 0 rings (SSSR count). The standard InChI is InChI=1S/C68H114O6/c1-4-7-10-13-16-19-22-25-27-28-29-30-31-32-33-34-35-36-37-38-39-40-42-43-46-49-52-55-58-61-67(70)73-64-65(63-72-66(69)60-57-54-51-48-45-24-21-18-15-12-9-6-3)74-68(71)62-59-56-53-50-47-44-41-26-23-20-17-14-11-8-5-2/h7,10,16,18-19,21,25,27,29-30,32-33,35-36,38-39,42-43,65H,4-6,8-9,11-15,17,20,22-24,26,28,31,34,37,40-41,44-64H2,1-3H3/b10-7-,19-16-,21-18-,27-25-,30-29-,33-32-,36-35-,39-38-,43-42-. The minimum absolute atomic E-state index is 0.0892. The quantitative estimate of drug-likeness (QED) is 0.0261. The molecule has 0 spiro atoms. The van der Waals surface area contributed by atoms with Gasteiger partial charge in [0.15, 0.2) is 6.10 Å². The highest BCUT2D eigenvalue weighted by Crippen LogP contribution is 2.16. The van der Waals surface area contributed by atoms with Crippen LogP contribution in [0.4, 0.5) is 0 Å². The van der Waals surface area contributed by atoms with E-state index in [1.54, 1.807) is 0 Å². The van der Waals surface area contributed by atoms with Gasteiger partial charge in [0.05, 0.1) is 0 Å². The lowest BCUT2D eigenvalue weighted by Crippen LogP contribution is -2.30. The lowest BCUT2D eigenvalue weighted by molar-refractivity contribution is -0.167. The van der Waals surface area contributed by atoms with E-state index in [1.807, 2.05) is 0 Å². The number of rotatable bonds is 55. The minimum Gasteiger partial charge on any atom is -0.462 e. The Morgan fingerprint density at radius 1 is 0.284 bits per heavy atom. The molecule has 0 saturated carbocycles. The maximum atomic E-state index is 12.9. The summed E-state index contributed by atoms with van der Waals surface area (Å²) in [5.74, 6) is -0.918. The fraction of sp³-hybridized carbons (Fsp3) is 0.691. The molecule has 0 aliphatic rings. The molecule has 422 valence electrons. The molecule has 1 atom stereocenters. The highest BCUT2D eigenvalue weighted by atomic mass is 16.6. The first-order valence-electron chi connectivity index (χ1n) is 30.9. The molecule has 0 aromatic rings. The van der Waals surface area contributed by atoms with Gasteiger partial charge in [0.1, 0.15) is 13.2 Å². The summed E-state index contributed by atoms with van der Waals surface area (Å²) in [6.07, 6.45) is 83.7. The van der Waals surface area contributed by atoms with Crippen LogP contribution in [0.25, 0.3) is 0 Å². The van der Waals surface area contributed by atoms with Crippen LogP contribution in [0.1, 0.15) is 284 Å². The van der Waals surface area contributed by atoms with Gasteiger partial charge in [0, 0.05) is 19.3 Å². The van der Waals surface area contributed by atoms with E-state index in [9.17, 15) is 14.4 Å². The summed E-state index contributed by atoms with van der Waals surface area (Å²) in [4.78, 5) is 38.2. The summed E-state index contributed by atoms with van der Waals surface area (Å²) in [6, 6.07) is 0. The molecule has 0 aromatic heterocycles. The fourth-order valence-corrected chi connectivity index (χ4v) is 8.39. The van der Waals surface area contributed by atoms with Crippen molar-refractivity contribution in [3.63, 3.8) is 0 Å². The summed E-state index contributed by atoms with van der Waals surface area (Å²) in [6.45, 7) is 6.49. The number of allylic oxidation sites excluding steroid dienone is 18. The van der Waals surface area contributed by atoms with Crippen LogP contribution in [0, 0.1) is 0 Å². The Hall–Kier alpha value is -3.93. The van der Waals surface area contributed by atoms with Crippen LogP contribution in [-0.2, 0) is 28.6 Å². The van der Waals surface area contributed by atoms with Gasteiger partial charge in [-0.05, 0) is 109 Å². The second-order valence-corrected chi connectivity index (χ2v) is 20.2. The molecule has 0 saturated heterocycles. The number of ether oxygens (including phenoxy) is 3. The average molecular weight is 1030 g/mol. The van der Waals surface area contributed by atoms with Crippen molar-refractivity contribution in [2.24, 2.45) is 0 Å². The van der Waals surface area contributed by atoms with Crippen LogP contribution in [0.2, 0.25) is 0 Å². The second-order valence-electron chi connectivity index (χ2n) is 20.2. The van der Waals surface area contributed by atoms with E-state index < -0.39 is 6.10 Å². The zero-order chi connectivity index (χ0) is 53.6. The Morgan fingerprint density at radius 2 is 0.527 bits per heavy atom. The van der Waals surface area contributed by atoms with Gasteiger partial charge in [-0.2, -0.15) is 0 Å². The molecule has 6 nitrogen and oxygen atoms in total. The van der Waals surface area contributed by atoms with Gasteiger partial charge in [0.2, 0.25) is 0 Å². The van der Waals surface area contributed by atoms with Crippen LogP contribution >= 0.6 is 0 Å². The van der Waals surface area contributed by atoms with Gasteiger partial charge < -0.3 is 14.2 Å². The zero-order valence-electron chi connectivity index (χ0n) is 48.3. The number of carbonyl (C=O) groups excluding carboxylic acids is 3. The minimum atomic E-state index is -0.792. The first-order valence-corrected chi connectivity index (χ1v) is 30.9.